The topological polar surface area (TPSA) is 22.3 Å². The molecular weight excluding hydrogens is 899 g/mol. The van der Waals surface area contributed by atoms with Crippen LogP contribution in [-0.4, -0.2) is 0 Å². The van der Waals surface area contributed by atoms with Crippen molar-refractivity contribution >= 4 is 0 Å². The second kappa shape index (κ2) is 16.9. The molecule has 0 amide bonds. The third-order valence-electron chi connectivity index (χ3n) is 10.3. The van der Waals surface area contributed by atoms with Crippen molar-refractivity contribution < 1.29 is 48.4 Å². The standard InChI is InChI=1S/C55H28NO2.Ir.10H2/c1-6-8-10-12-14-20-31-57-53-37-47-45-33-39(3)40(4)34-50(45)55(51(47)38-54(53)58-32-21-15-13-11-9-7-2)48-26-17-16-25-44(48)46-36-42(28-29-49(46)55)41-23-22-24-43(35-41)52-27-18-19-30-56(52)5;;;;;;;;;;;/h1-2,16-19,22-23,25-30,33-38H,5H2,3-4H3;;10*1H/q-1;;;;;;;;;;;. The summed E-state index contributed by atoms with van der Waals surface area (Å²) in [6.45, 7) is 4.29. The molecule has 2 aliphatic rings. The van der Waals surface area contributed by atoms with Gasteiger partial charge < -0.3 is 14.0 Å². The molecule has 1 atom stereocenters. The first-order chi connectivity index (χ1) is 28.4. The van der Waals surface area contributed by atoms with Crippen molar-refractivity contribution in [2.75, 3.05) is 0 Å². The molecule has 1 radical (unpaired) electrons. The number of benzene rings is 5. The van der Waals surface area contributed by atoms with Crippen molar-refractivity contribution in [2.45, 2.75) is 19.3 Å². The number of ether oxygens (including phenoxy) is 2. The van der Waals surface area contributed by atoms with E-state index in [4.69, 9.17) is 22.3 Å². The largest absolute Gasteiger partial charge is 0.403 e. The molecule has 1 heterocycles. The summed E-state index contributed by atoms with van der Waals surface area (Å²) < 4.78 is 14.0. The zero-order chi connectivity index (χ0) is 40.1. The van der Waals surface area contributed by atoms with Gasteiger partial charge in [-0.25, -0.2) is 0 Å². The third-order valence-corrected chi connectivity index (χ3v) is 10.3. The molecule has 4 heteroatoms. The van der Waals surface area contributed by atoms with Crippen LogP contribution in [0.15, 0.2) is 109 Å². The zero-order valence-corrected chi connectivity index (χ0v) is 34.2. The molecule has 1 spiro atoms. The molecule has 0 N–H and O–H groups in total. The number of hydrogen-bond acceptors (Lipinski definition) is 2. The Hall–Kier alpha value is -8.15. The fourth-order valence-electron chi connectivity index (χ4n) is 7.78. The van der Waals surface area contributed by atoms with Crippen molar-refractivity contribution in [2.24, 2.45) is 0 Å². The maximum absolute atomic E-state index is 6.10. The molecular formula is C55H48IrNO2-. The Morgan fingerprint density at radius 2 is 1.15 bits per heavy atom. The normalized spacial score (nSPS) is 12.4. The van der Waals surface area contributed by atoms with E-state index in [1.165, 1.54) is 22.3 Å². The van der Waals surface area contributed by atoms with E-state index in [-0.39, 0.29) is 34.4 Å². The van der Waals surface area contributed by atoms with E-state index >= 15 is 0 Å². The van der Waals surface area contributed by atoms with Crippen LogP contribution in [0.25, 0.3) is 44.6 Å². The van der Waals surface area contributed by atoms with Crippen LogP contribution in [-0.2, 0) is 25.5 Å². The van der Waals surface area contributed by atoms with Gasteiger partial charge in [0.05, 0.1) is 17.3 Å². The Morgan fingerprint density at radius 3 is 1.88 bits per heavy atom. The van der Waals surface area contributed by atoms with Gasteiger partial charge in [0.25, 0.3) is 0 Å². The first-order valence-corrected chi connectivity index (χ1v) is 18.1. The Kier molecular flexibility index (Phi) is 11.2. The van der Waals surface area contributed by atoms with Crippen LogP contribution in [0.3, 0.4) is 0 Å². The van der Waals surface area contributed by atoms with Crippen LogP contribution in [0, 0.1) is 123 Å². The number of nitrogens with zero attached hydrogens (tertiary/aromatic N) is 1. The van der Waals surface area contributed by atoms with Crippen LogP contribution in [0.4, 0.5) is 0 Å². The van der Waals surface area contributed by atoms with Crippen LogP contribution >= 0.6 is 0 Å². The Labute approximate surface area is 374 Å². The van der Waals surface area contributed by atoms with Crippen molar-refractivity contribution in [3.63, 3.8) is 0 Å². The minimum atomic E-state index is -0.686. The van der Waals surface area contributed by atoms with Gasteiger partial charge in [-0.15, -0.1) is 42.7 Å². The smallest absolute Gasteiger partial charge is 0.184 e. The molecule has 1 unspecified atom stereocenters. The van der Waals surface area contributed by atoms with Crippen molar-refractivity contribution in [1.82, 2.24) is 0 Å². The van der Waals surface area contributed by atoms with E-state index in [1.54, 1.807) is 0 Å². The van der Waals surface area contributed by atoms with E-state index in [0.29, 0.717) is 11.5 Å². The molecule has 3 nitrogen and oxygen atoms in total. The van der Waals surface area contributed by atoms with Gasteiger partial charge in [-0.2, -0.15) is 0 Å². The van der Waals surface area contributed by atoms with Crippen molar-refractivity contribution in [3.8, 4) is 152 Å². The second-order valence-electron chi connectivity index (χ2n) is 13.4. The number of aromatic nitrogens is 1. The molecule has 6 aromatic rings. The van der Waals surface area contributed by atoms with E-state index in [0.717, 1.165) is 55.8 Å². The first kappa shape index (κ1) is 39.1. The minimum absolute atomic E-state index is 0. The fourth-order valence-corrected chi connectivity index (χ4v) is 7.78. The van der Waals surface area contributed by atoms with E-state index in [1.807, 2.05) is 47.2 Å². The molecule has 0 bridgehead atoms. The van der Waals surface area contributed by atoms with E-state index in [9.17, 15) is 0 Å². The van der Waals surface area contributed by atoms with Crippen LogP contribution in [0.2, 0.25) is 0 Å². The Morgan fingerprint density at radius 1 is 0.576 bits per heavy atom. The number of fused-ring (bicyclic) bond motifs is 10. The Bertz CT molecular complexity index is 3270. The first-order valence-electron chi connectivity index (χ1n) is 18.1. The Balaban J connectivity index is -0.00000192. The number of aryl methyl sites for hydroxylation is 2. The molecule has 5 aromatic carbocycles. The van der Waals surface area contributed by atoms with Gasteiger partial charge in [-0.3, -0.25) is 0 Å². The summed E-state index contributed by atoms with van der Waals surface area (Å²) in [7, 11) is 4.17. The molecule has 1 aromatic heterocycles. The second-order valence-corrected chi connectivity index (χ2v) is 13.4. The number of rotatable bonds is 4. The molecule has 0 saturated heterocycles. The average Bonchev–Trinajstić information content (AvgIpc) is 3.68. The molecule has 59 heavy (non-hydrogen) atoms. The van der Waals surface area contributed by atoms with Gasteiger partial charge in [-0.05, 0) is 135 Å². The summed E-state index contributed by atoms with van der Waals surface area (Å²) in [5, 5.41) is 0. The predicted molar refractivity (Wildman–Crippen MR) is 250 cm³/mol. The van der Waals surface area contributed by atoms with Crippen molar-refractivity contribution in [3.05, 3.63) is 156 Å². The van der Waals surface area contributed by atoms with Gasteiger partial charge >= 0.3 is 0 Å². The van der Waals surface area contributed by atoms with Crippen molar-refractivity contribution in [1.29, 1.82) is 0 Å². The molecule has 0 aliphatic heterocycles. The quantitative estimate of drug-likeness (QED) is 0.0997. The molecule has 8 rings (SSSR count). The zero-order valence-electron chi connectivity index (χ0n) is 31.9. The van der Waals surface area contributed by atoms with Crippen LogP contribution in [0.5, 0.6) is 11.5 Å². The summed E-state index contributed by atoms with van der Waals surface area (Å²) >= 11 is 0. The molecule has 2 aliphatic carbocycles. The van der Waals surface area contributed by atoms with Gasteiger partial charge in [0.15, 0.2) is 11.5 Å². The predicted octanol–water partition coefficient (Wildman–Crippen LogP) is 11.1. The number of hydrogen-bond donors (Lipinski definition) is 0. The SMILES string of the molecule is C#CC#CC#CC#COc1cc2c(cc1OC#CC#CC#CC#C)C1(c3ccccc3-c3cc(-c4cc[c-]c(-c5cccc[n+]5[CH2-])c4)ccc31)c1cc(C)c(C)cc1-2.[HH].[HH].[HH].[HH].[HH].[HH].[HH].[HH].[HH].[HH].[Ir]. The fraction of sp³-hybridized carbons (Fsp3) is 0.0545. The van der Waals surface area contributed by atoms with Crippen LogP contribution < -0.4 is 14.0 Å². The van der Waals surface area contributed by atoms with Gasteiger partial charge in [0.2, 0.25) is 0 Å². The average molecular weight is 947 g/mol. The summed E-state index contributed by atoms with van der Waals surface area (Å²) in [5.74, 6) is 31.0. The summed E-state index contributed by atoms with van der Waals surface area (Å²) in [6, 6.07) is 39.6. The number of pyridine rings is 1. The summed E-state index contributed by atoms with van der Waals surface area (Å²) in [4.78, 5) is 0. The maximum Gasteiger partial charge on any atom is 0.184 e. The third kappa shape index (κ3) is 7.09. The minimum Gasteiger partial charge on any atom is -0.403 e. The van der Waals surface area contributed by atoms with E-state index in [2.05, 4.69) is 177 Å². The monoisotopic (exact) mass is 947 g/mol. The van der Waals surface area contributed by atoms with E-state index < -0.39 is 5.41 Å². The van der Waals surface area contributed by atoms with Gasteiger partial charge in [0, 0.05) is 76.9 Å². The summed E-state index contributed by atoms with van der Waals surface area (Å²) in [5.41, 5.74) is 14.7. The van der Waals surface area contributed by atoms with Gasteiger partial charge in [0.1, 0.15) is 12.2 Å². The van der Waals surface area contributed by atoms with Crippen LogP contribution in [0.1, 0.15) is 47.6 Å². The molecule has 295 valence electrons. The molecule has 0 fully saturated rings. The molecule has 0 saturated carbocycles. The maximum atomic E-state index is 6.10. The van der Waals surface area contributed by atoms with Gasteiger partial charge in [-0.1, -0.05) is 66.2 Å². The number of terminal acetylenes is 2. The summed E-state index contributed by atoms with van der Waals surface area (Å²) in [6.07, 6.45) is 17.7.